The number of amides is 1. The van der Waals surface area contributed by atoms with Gasteiger partial charge in [-0.15, -0.1) is 0 Å². The highest BCUT2D eigenvalue weighted by atomic mass is 32.2. The number of rotatable bonds is 5. The summed E-state index contributed by atoms with van der Waals surface area (Å²) in [5.41, 5.74) is 0.527. The highest BCUT2D eigenvalue weighted by molar-refractivity contribution is 7.88. The number of carbonyl (C=O) groups is 1. The van der Waals surface area contributed by atoms with Crippen LogP contribution in [0.25, 0.3) is 0 Å². The number of sulfonamides is 1. The molecule has 0 saturated carbocycles. The van der Waals surface area contributed by atoms with Crippen LogP contribution in [-0.2, 0) is 21.2 Å². The van der Waals surface area contributed by atoms with Crippen molar-refractivity contribution >= 4 is 15.9 Å². The molecule has 5 nitrogen and oxygen atoms in total. The Balaban J connectivity index is 1.88. The number of halogens is 1. The minimum absolute atomic E-state index is 0.0664. The van der Waals surface area contributed by atoms with Gasteiger partial charge in [0.15, 0.2) is 0 Å². The van der Waals surface area contributed by atoms with E-state index in [-0.39, 0.29) is 24.2 Å². The molecule has 1 aromatic rings. The molecule has 122 valence electrons. The van der Waals surface area contributed by atoms with Gasteiger partial charge in [0.2, 0.25) is 15.9 Å². The van der Waals surface area contributed by atoms with E-state index in [1.165, 1.54) is 6.07 Å². The first kappa shape index (κ1) is 16.9. The van der Waals surface area contributed by atoms with Crippen LogP contribution in [0, 0.1) is 5.82 Å². The second-order valence-electron chi connectivity index (χ2n) is 5.66. The van der Waals surface area contributed by atoms with Gasteiger partial charge in [0, 0.05) is 25.6 Å². The smallest absolute Gasteiger partial charge is 0.222 e. The number of aryl methyl sites for hydroxylation is 1. The van der Waals surface area contributed by atoms with E-state index in [4.69, 9.17) is 0 Å². The molecule has 0 radical (unpaired) electrons. The van der Waals surface area contributed by atoms with Crippen LogP contribution in [0.3, 0.4) is 0 Å². The Bertz CT molecular complexity index is 633. The lowest BCUT2D eigenvalue weighted by molar-refractivity contribution is -0.132. The zero-order valence-corrected chi connectivity index (χ0v) is 13.4. The molecule has 1 amide bonds. The Morgan fingerprint density at radius 2 is 2.14 bits per heavy atom. The molecule has 1 aliphatic rings. The lowest BCUT2D eigenvalue weighted by Crippen LogP contribution is -2.49. The van der Waals surface area contributed by atoms with Crippen molar-refractivity contribution in [3.63, 3.8) is 0 Å². The highest BCUT2D eigenvalue weighted by Crippen LogP contribution is 2.14. The van der Waals surface area contributed by atoms with Gasteiger partial charge < -0.3 is 4.90 Å². The zero-order valence-electron chi connectivity index (χ0n) is 12.6. The first-order valence-electron chi connectivity index (χ1n) is 7.33. The number of carbonyl (C=O) groups excluding carboxylic acids is 1. The summed E-state index contributed by atoms with van der Waals surface area (Å²) in [6, 6.07) is 6.18. The number of nitrogens with zero attached hydrogens (tertiary/aromatic N) is 1. The molecular weight excluding hydrogens is 307 g/mol. The maximum absolute atomic E-state index is 13.5. The summed E-state index contributed by atoms with van der Waals surface area (Å²) in [6.45, 7) is 1.00. The van der Waals surface area contributed by atoms with Crippen molar-refractivity contribution in [3.05, 3.63) is 35.6 Å². The number of nitrogens with one attached hydrogen (secondary N) is 1. The summed E-state index contributed by atoms with van der Waals surface area (Å²) in [7, 11) is -3.27. The Morgan fingerprint density at radius 3 is 2.82 bits per heavy atom. The normalized spacial score (nSPS) is 19.2. The molecule has 1 aliphatic heterocycles. The predicted molar refractivity (Wildman–Crippen MR) is 82.3 cm³/mol. The topological polar surface area (TPSA) is 66.5 Å². The van der Waals surface area contributed by atoms with Gasteiger partial charge in [0.1, 0.15) is 5.82 Å². The van der Waals surface area contributed by atoms with E-state index in [0.29, 0.717) is 25.1 Å². The predicted octanol–water partition coefficient (Wildman–Crippen LogP) is 1.30. The summed E-state index contributed by atoms with van der Waals surface area (Å²) in [4.78, 5) is 13.9. The van der Waals surface area contributed by atoms with Crippen molar-refractivity contribution in [2.45, 2.75) is 31.7 Å². The van der Waals surface area contributed by atoms with Crippen LogP contribution in [-0.4, -0.2) is 44.6 Å². The Hall–Kier alpha value is -1.47. The molecule has 1 fully saturated rings. The number of likely N-dealkylation sites (tertiary alicyclic amines) is 1. The third kappa shape index (κ3) is 5.06. The SMILES string of the molecule is CS(=O)(=O)N[C@@H]1CCCN(C(=O)CCc2ccccc2F)C1. The standard InChI is InChI=1S/C15H21FN2O3S/c1-22(20,21)17-13-6-4-10-18(11-13)15(19)9-8-12-5-2-3-7-14(12)16/h2-3,5,7,13,17H,4,6,8-11H2,1H3/t13-/m1/s1. The van der Waals surface area contributed by atoms with Crippen molar-refractivity contribution in [2.24, 2.45) is 0 Å². The van der Waals surface area contributed by atoms with Crippen LogP contribution in [0.15, 0.2) is 24.3 Å². The van der Waals surface area contributed by atoms with E-state index in [0.717, 1.165) is 19.1 Å². The maximum Gasteiger partial charge on any atom is 0.222 e. The first-order valence-corrected chi connectivity index (χ1v) is 9.23. The fourth-order valence-electron chi connectivity index (χ4n) is 2.70. The van der Waals surface area contributed by atoms with E-state index >= 15 is 0 Å². The Kier molecular flexibility index (Phi) is 5.52. The van der Waals surface area contributed by atoms with Crippen molar-refractivity contribution in [1.29, 1.82) is 0 Å². The number of benzene rings is 1. The summed E-state index contributed by atoms with van der Waals surface area (Å²) < 4.78 is 38.6. The largest absolute Gasteiger partial charge is 0.341 e. The summed E-state index contributed by atoms with van der Waals surface area (Å²) in [6.07, 6.45) is 3.19. The molecule has 1 heterocycles. The molecule has 1 atom stereocenters. The molecule has 1 aromatic carbocycles. The minimum atomic E-state index is -3.27. The average molecular weight is 328 g/mol. The lowest BCUT2D eigenvalue weighted by atomic mass is 10.0. The zero-order chi connectivity index (χ0) is 16.2. The fourth-order valence-corrected chi connectivity index (χ4v) is 3.50. The van der Waals surface area contributed by atoms with Crippen LogP contribution in [0.4, 0.5) is 4.39 Å². The highest BCUT2D eigenvalue weighted by Gasteiger charge is 2.25. The molecule has 0 spiro atoms. The maximum atomic E-state index is 13.5. The first-order chi connectivity index (χ1) is 10.3. The molecule has 2 rings (SSSR count). The van der Waals surface area contributed by atoms with Crippen LogP contribution in [0.5, 0.6) is 0 Å². The third-order valence-corrected chi connectivity index (χ3v) is 4.48. The Labute approximate surface area is 130 Å². The van der Waals surface area contributed by atoms with E-state index < -0.39 is 10.0 Å². The monoisotopic (exact) mass is 328 g/mol. The lowest BCUT2D eigenvalue weighted by Gasteiger charge is -2.32. The van der Waals surface area contributed by atoms with E-state index in [2.05, 4.69) is 4.72 Å². The second kappa shape index (κ2) is 7.19. The van der Waals surface area contributed by atoms with Gasteiger partial charge in [-0.2, -0.15) is 0 Å². The molecule has 7 heteroatoms. The van der Waals surface area contributed by atoms with Crippen LogP contribution >= 0.6 is 0 Å². The third-order valence-electron chi connectivity index (χ3n) is 3.72. The summed E-state index contributed by atoms with van der Waals surface area (Å²) in [5.74, 6) is -0.367. The van der Waals surface area contributed by atoms with Crippen LogP contribution in [0.2, 0.25) is 0 Å². The molecule has 0 aliphatic carbocycles. The van der Waals surface area contributed by atoms with Gasteiger partial charge in [-0.25, -0.2) is 17.5 Å². The van der Waals surface area contributed by atoms with Crippen molar-refractivity contribution in [3.8, 4) is 0 Å². The van der Waals surface area contributed by atoms with Crippen LogP contribution in [0.1, 0.15) is 24.8 Å². The summed E-state index contributed by atoms with van der Waals surface area (Å²) in [5, 5.41) is 0. The van der Waals surface area contributed by atoms with Crippen molar-refractivity contribution in [1.82, 2.24) is 9.62 Å². The van der Waals surface area contributed by atoms with Gasteiger partial charge in [0.05, 0.1) is 6.26 Å². The summed E-state index contributed by atoms with van der Waals surface area (Å²) >= 11 is 0. The molecule has 1 N–H and O–H groups in total. The number of piperidine rings is 1. The van der Waals surface area contributed by atoms with Gasteiger partial charge in [0.25, 0.3) is 0 Å². The number of hydrogen-bond donors (Lipinski definition) is 1. The van der Waals surface area contributed by atoms with E-state index in [9.17, 15) is 17.6 Å². The minimum Gasteiger partial charge on any atom is -0.341 e. The quantitative estimate of drug-likeness (QED) is 0.886. The molecular formula is C15H21FN2O3S. The fraction of sp³-hybridized carbons (Fsp3) is 0.533. The van der Waals surface area contributed by atoms with E-state index in [1.807, 2.05) is 0 Å². The van der Waals surface area contributed by atoms with Gasteiger partial charge in [-0.05, 0) is 30.9 Å². The molecule has 0 aromatic heterocycles. The molecule has 0 bridgehead atoms. The molecule has 22 heavy (non-hydrogen) atoms. The second-order valence-corrected chi connectivity index (χ2v) is 7.44. The molecule has 0 unspecified atom stereocenters. The van der Waals surface area contributed by atoms with Gasteiger partial charge in [-0.1, -0.05) is 18.2 Å². The van der Waals surface area contributed by atoms with Gasteiger partial charge in [-0.3, -0.25) is 4.79 Å². The Morgan fingerprint density at radius 1 is 1.41 bits per heavy atom. The van der Waals surface area contributed by atoms with E-state index in [1.54, 1.807) is 23.1 Å². The van der Waals surface area contributed by atoms with Crippen LogP contribution < -0.4 is 4.72 Å². The average Bonchev–Trinajstić information content (AvgIpc) is 2.44. The van der Waals surface area contributed by atoms with Crippen molar-refractivity contribution < 1.29 is 17.6 Å². The molecule has 1 saturated heterocycles. The number of hydrogen-bond acceptors (Lipinski definition) is 3. The van der Waals surface area contributed by atoms with Crippen molar-refractivity contribution in [2.75, 3.05) is 19.3 Å². The van der Waals surface area contributed by atoms with Gasteiger partial charge >= 0.3 is 0 Å².